The Morgan fingerprint density at radius 3 is 2.64 bits per heavy atom. The van der Waals surface area contributed by atoms with Crippen molar-refractivity contribution in [3.63, 3.8) is 0 Å². The van der Waals surface area contributed by atoms with Gasteiger partial charge in [0.15, 0.2) is 0 Å². The molecule has 58 valence electrons. The molecule has 0 aliphatic rings. The molecule has 0 atom stereocenters. The maximum absolute atomic E-state index is 10.7. The number of carbonyl (C=O) groups excluding carboxylic acids is 1. The van der Waals surface area contributed by atoms with Gasteiger partial charge in [-0.1, -0.05) is 0 Å². The maximum atomic E-state index is 10.7. The van der Waals surface area contributed by atoms with Gasteiger partial charge in [0, 0.05) is 9.13 Å². The van der Waals surface area contributed by atoms with Gasteiger partial charge in [-0.05, 0) is 53.3 Å². The predicted octanol–water partition coefficient (Wildman–Crippen LogP) is 1.70. The van der Waals surface area contributed by atoms with Crippen molar-refractivity contribution in [2.24, 2.45) is 5.73 Å². The third kappa shape index (κ3) is 1.92. The van der Waals surface area contributed by atoms with Crippen molar-refractivity contribution in [3.05, 3.63) is 32.9 Å². The van der Waals surface area contributed by atoms with Gasteiger partial charge < -0.3 is 5.73 Å². The van der Waals surface area contributed by atoms with Gasteiger partial charge in [0.2, 0.25) is 5.91 Å². The molecule has 0 spiro atoms. The summed E-state index contributed by atoms with van der Waals surface area (Å²) in [7, 11) is 0. The Hall–Kier alpha value is -0.580. The SMILES string of the molecule is Cc1cc(C(N)=O)ccc1I. The summed E-state index contributed by atoms with van der Waals surface area (Å²) in [5, 5.41) is 0. The lowest BCUT2D eigenvalue weighted by Gasteiger charge is -1.99. The Morgan fingerprint density at radius 2 is 2.18 bits per heavy atom. The van der Waals surface area contributed by atoms with E-state index in [0.717, 1.165) is 9.13 Å². The van der Waals surface area contributed by atoms with Crippen LogP contribution in [-0.2, 0) is 0 Å². The lowest BCUT2D eigenvalue weighted by atomic mass is 10.1. The summed E-state index contributed by atoms with van der Waals surface area (Å²) in [6, 6.07) is 5.41. The highest BCUT2D eigenvalue weighted by atomic mass is 127. The second-order valence-electron chi connectivity index (χ2n) is 2.33. The molecule has 1 amide bonds. The van der Waals surface area contributed by atoms with Gasteiger partial charge in [-0.25, -0.2) is 0 Å². The van der Waals surface area contributed by atoms with Crippen LogP contribution < -0.4 is 5.73 Å². The average molecular weight is 261 g/mol. The molecule has 0 fully saturated rings. The number of hydrogen-bond donors (Lipinski definition) is 1. The van der Waals surface area contributed by atoms with Crippen molar-refractivity contribution in [2.45, 2.75) is 6.92 Å². The Bertz CT molecular complexity index is 296. The van der Waals surface area contributed by atoms with E-state index in [4.69, 9.17) is 5.73 Å². The van der Waals surface area contributed by atoms with Gasteiger partial charge in [-0.2, -0.15) is 0 Å². The van der Waals surface area contributed by atoms with Crippen LogP contribution in [0.4, 0.5) is 0 Å². The van der Waals surface area contributed by atoms with Crippen molar-refractivity contribution in [1.82, 2.24) is 0 Å². The fraction of sp³-hybridized carbons (Fsp3) is 0.125. The van der Waals surface area contributed by atoms with Gasteiger partial charge in [-0.15, -0.1) is 0 Å². The van der Waals surface area contributed by atoms with E-state index < -0.39 is 0 Å². The molecule has 0 saturated heterocycles. The van der Waals surface area contributed by atoms with Crippen molar-refractivity contribution in [1.29, 1.82) is 0 Å². The first-order valence-electron chi connectivity index (χ1n) is 3.17. The first-order valence-corrected chi connectivity index (χ1v) is 4.25. The molecular weight excluding hydrogens is 253 g/mol. The molecule has 0 radical (unpaired) electrons. The molecule has 11 heavy (non-hydrogen) atoms. The molecule has 0 aliphatic carbocycles. The zero-order chi connectivity index (χ0) is 8.43. The first kappa shape index (κ1) is 8.52. The molecule has 0 unspecified atom stereocenters. The molecule has 3 heteroatoms. The highest BCUT2D eigenvalue weighted by molar-refractivity contribution is 14.1. The number of aryl methyl sites for hydroxylation is 1. The number of amides is 1. The van der Waals surface area contributed by atoms with E-state index in [-0.39, 0.29) is 5.91 Å². The minimum absolute atomic E-state index is 0.371. The van der Waals surface area contributed by atoms with E-state index in [2.05, 4.69) is 22.6 Å². The Balaban J connectivity index is 3.15. The Labute approximate surface area is 78.9 Å². The summed E-state index contributed by atoms with van der Waals surface area (Å²) in [5.74, 6) is -0.371. The number of carbonyl (C=O) groups is 1. The molecular formula is C8H8INO. The van der Waals surface area contributed by atoms with Gasteiger partial charge in [0.05, 0.1) is 0 Å². The molecule has 2 nitrogen and oxygen atoms in total. The van der Waals surface area contributed by atoms with Crippen LogP contribution in [0.2, 0.25) is 0 Å². The minimum atomic E-state index is -0.371. The summed E-state index contributed by atoms with van der Waals surface area (Å²) < 4.78 is 1.15. The van der Waals surface area contributed by atoms with Crippen molar-refractivity contribution < 1.29 is 4.79 Å². The quantitative estimate of drug-likeness (QED) is 0.768. The van der Waals surface area contributed by atoms with Crippen LogP contribution in [-0.4, -0.2) is 5.91 Å². The summed E-state index contributed by atoms with van der Waals surface area (Å²) in [4.78, 5) is 10.7. The molecule has 0 aliphatic heterocycles. The standard InChI is InChI=1S/C8H8INO/c1-5-4-6(8(10)11)2-3-7(5)9/h2-4H,1H3,(H2,10,11). The van der Waals surface area contributed by atoms with Crippen molar-refractivity contribution in [3.8, 4) is 0 Å². The van der Waals surface area contributed by atoms with Crippen molar-refractivity contribution >= 4 is 28.5 Å². The monoisotopic (exact) mass is 261 g/mol. The third-order valence-electron chi connectivity index (χ3n) is 1.44. The van der Waals surface area contributed by atoms with Gasteiger partial charge >= 0.3 is 0 Å². The fourth-order valence-corrected chi connectivity index (χ4v) is 1.13. The van der Waals surface area contributed by atoms with E-state index in [1.165, 1.54) is 0 Å². The van der Waals surface area contributed by atoms with E-state index in [9.17, 15) is 4.79 Å². The van der Waals surface area contributed by atoms with Crippen LogP contribution in [0.5, 0.6) is 0 Å². The van der Waals surface area contributed by atoms with Gasteiger partial charge in [0.1, 0.15) is 0 Å². The fourth-order valence-electron chi connectivity index (χ4n) is 0.798. The van der Waals surface area contributed by atoms with Crippen LogP contribution in [0.1, 0.15) is 15.9 Å². The Kier molecular flexibility index (Phi) is 2.49. The molecule has 2 N–H and O–H groups in total. The number of halogens is 1. The lowest BCUT2D eigenvalue weighted by Crippen LogP contribution is -2.10. The Morgan fingerprint density at radius 1 is 1.55 bits per heavy atom. The number of hydrogen-bond acceptors (Lipinski definition) is 1. The van der Waals surface area contributed by atoms with Crippen molar-refractivity contribution in [2.75, 3.05) is 0 Å². The van der Waals surface area contributed by atoms with Crippen LogP contribution in [0, 0.1) is 10.5 Å². The molecule has 0 heterocycles. The van der Waals surface area contributed by atoms with Crippen LogP contribution in [0.3, 0.4) is 0 Å². The maximum Gasteiger partial charge on any atom is 0.248 e. The van der Waals surface area contributed by atoms with Crippen LogP contribution in [0.15, 0.2) is 18.2 Å². The summed E-state index contributed by atoms with van der Waals surface area (Å²) >= 11 is 2.21. The lowest BCUT2D eigenvalue weighted by molar-refractivity contribution is 0.1000. The van der Waals surface area contributed by atoms with E-state index >= 15 is 0 Å². The number of rotatable bonds is 1. The molecule has 1 rings (SSSR count). The van der Waals surface area contributed by atoms with Crippen LogP contribution in [0.25, 0.3) is 0 Å². The zero-order valence-corrected chi connectivity index (χ0v) is 8.25. The number of benzene rings is 1. The number of primary amides is 1. The number of nitrogens with two attached hydrogens (primary N) is 1. The molecule has 0 saturated carbocycles. The zero-order valence-electron chi connectivity index (χ0n) is 6.10. The predicted molar refractivity (Wildman–Crippen MR) is 52.4 cm³/mol. The van der Waals surface area contributed by atoms with E-state index in [0.29, 0.717) is 5.56 Å². The second kappa shape index (κ2) is 3.21. The molecule has 1 aromatic carbocycles. The topological polar surface area (TPSA) is 43.1 Å². The normalized spacial score (nSPS) is 9.64. The van der Waals surface area contributed by atoms with Gasteiger partial charge in [0.25, 0.3) is 0 Å². The highest BCUT2D eigenvalue weighted by Gasteiger charge is 2.00. The minimum Gasteiger partial charge on any atom is -0.366 e. The molecule has 1 aromatic rings. The average Bonchev–Trinajstić information content (AvgIpc) is 1.94. The molecule has 0 aromatic heterocycles. The molecule has 0 bridgehead atoms. The smallest absolute Gasteiger partial charge is 0.248 e. The summed E-state index contributed by atoms with van der Waals surface area (Å²) in [6.07, 6.45) is 0. The summed E-state index contributed by atoms with van der Waals surface area (Å²) in [5.41, 5.74) is 6.75. The van der Waals surface area contributed by atoms with E-state index in [1.54, 1.807) is 12.1 Å². The summed E-state index contributed by atoms with van der Waals surface area (Å²) in [6.45, 7) is 1.95. The highest BCUT2D eigenvalue weighted by Crippen LogP contribution is 2.12. The largest absolute Gasteiger partial charge is 0.366 e. The van der Waals surface area contributed by atoms with Crippen LogP contribution >= 0.6 is 22.6 Å². The second-order valence-corrected chi connectivity index (χ2v) is 3.49. The first-order chi connectivity index (χ1) is 5.11. The van der Waals surface area contributed by atoms with E-state index in [1.807, 2.05) is 13.0 Å². The third-order valence-corrected chi connectivity index (χ3v) is 2.65. The van der Waals surface area contributed by atoms with Gasteiger partial charge in [-0.3, -0.25) is 4.79 Å².